The highest BCUT2D eigenvalue weighted by Crippen LogP contribution is 2.21. The molecule has 4 aromatic carbocycles. The molecule has 0 saturated carbocycles. The van der Waals surface area contributed by atoms with Crippen molar-refractivity contribution in [3.63, 3.8) is 0 Å². The number of benzene rings is 4. The van der Waals surface area contributed by atoms with Gasteiger partial charge in [0.2, 0.25) is 35.4 Å². The highest BCUT2D eigenvalue weighted by atomic mass is 32.1. The Kier molecular flexibility index (Phi) is 14.8. The van der Waals surface area contributed by atoms with Gasteiger partial charge in [-0.1, -0.05) is 103 Å². The van der Waals surface area contributed by atoms with Gasteiger partial charge >= 0.3 is 5.97 Å². The first-order chi connectivity index (χ1) is 29.4. The molecule has 314 valence electrons. The summed E-state index contributed by atoms with van der Waals surface area (Å²) in [6, 6.07) is 29.2. The molecule has 2 bridgehead atoms. The van der Waals surface area contributed by atoms with E-state index in [1.54, 1.807) is 66.7 Å². The number of anilines is 1. The van der Waals surface area contributed by atoms with Gasteiger partial charge in [0.1, 0.15) is 30.2 Å². The second-order valence-corrected chi connectivity index (χ2v) is 15.8. The Labute approximate surface area is 356 Å². The molecule has 0 spiro atoms. The third-order valence-corrected chi connectivity index (χ3v) is 10.9. The summed E-state index contributed by atoms with van der Waals surface area (Å²) in [5, 5.41) is 28.1. The van der Waals surface area contributed by atoms with Crippen LogP contribution in [0.1, 0.15) is 34.9 Å². The molecule has 15 heteroatoms. The van der Waals surface area contributed by atoms with Crippen LogP contribution >= 0.6 is 11.3 Å². The van der Waals surface area contributed by atoms with Crippen molar-refractivity contribution < 1.29 is 38.7 Å². The summed E-state index contributed by atoms with van der Waals surface area (Å²) in [6.07, 6.45) is -0.645. The van der Waals surface area contributed by atoms with E-state index < -0.39 is 78.0 Å². The lowest BCUT2D eigenvalue weighted by atomic mass is 9.99. The number of hydrogen-bond acceptors (Lipinski definition) is 8. The number of thiophene rings is 1. The minimum atomic E-state index is -1.40. The summed E-state index contributed by atoms with van der Waals surface area (Å²) < 4.78 is 0. The van der Waals surface area contributed by atoms with Crippen molar-refractivity contribution in [2.45, 2.75) is 69.2 Å². The van der Waals surface area contributed by atoms with Crippen molar-refractivity contribution in [2.24, 2.45) is 0 Å². The smallest absolute Gasteiger partial charge is 0.326 e. The van der Waals surface area contributed by atoms with Gasteiger partial charge in [0.05, 0.1) is 6.42 Å². The molecule has 0 radical (unpaired) electrons. The first-order valence-electron chi connectivity index (χ1n) is 19.7. The van der Waals surface area contributed by atoms with Gasteiger partial charge < -0.3 is 37.0 Å². The molecule has 7 rings (SSSR count). The molecule has 6 amide bonds. The van der Waals surface area contributed by atoms with Gasteiger partial charge in [-0.05, 0) is 51.4 Å². The molecule has 14 nitrogen and oxygen atoms in total. The Bertz CT molecular complexity index is 2320. The molecule has 5 aromatic rings. The standard InChI is InChI=1S/C46H46N6O8S/c1-28(53)47-39-27-41(54)48-34-20-16-31(17-21-34)25-40(46(59)60)52-43(56)36(23-29-9-4-2-5-10-29)49-42(55)37(24-30-14-18-33(19-15-30)32-11-6-3-7-12-32)50-44(57)38(51-45(39)58)26-35-13-8-22-61-35/h2-22,36-40H,23-27H2,1H3,(H,47,53)(H,48,54)(H,49,55)(H,50,57)(H,51,58)(H,52,56)(H,59,60)/t36-,37+,38-,39+,40+/m1/s1. The monoisotopic (exact) mass is 842 g/mol. The van der Waals surface area contributed by atoms with Crippen LogP contribution in [0, 0.1) is 0 Å². The van der Waals surface area contributed by atoms with Crippen molar-refractivity contribution in [1.29, 1.82) is 0 Å². The van der Waals surface area contributed by atoms with Gasteiger partial charge in [-0.15, -0.1) is 11.3 Å². The van der Waals surface area contributed by atoms with E-state index in [9.17, 15) is 38.7 Å². The van der Waals surface area contributed by atoms with Gasteiger partial charge in [0, 0.05) is 43.2 Å². The van der Waals surface area contributed by atoms with E-state index in [0.717, 1.165) is 16.0 Å². The summed E-state index contributed by atoms with van der Waals surface area (Å²) in [5.41, 5.74) is 4.11. The number of fused-ring (bicyclic) bond motifs is 18. The molecule has 1 aromatic heterocycles. The molecule has 0 unspecified atom stereocenters. The van der Waals surface area contributed by atoms with Crippen LogP contribution in [0.25, 0.3) is 11.1 Å². The Morgan fingerprint density at radius 2 is 1.15 bits per heavy atom. The normalized spacial score (nSPS) is 20.5. The van der Waals surface area contributed by atoms with Crippen LogP contribution in [-0.2, 0) is 59.2 Å². The fourth-order valence-electron chi connectivity index (χ4n) is 6.91. The maximum absolute atomic E-state index is 14.5. The highest BCUT2D eigenvalue weighted by molar-refractivity contribution is 7.09. The number of carbonyl (C=O) groups excluding carboxylic acids is 6. The first-order valence-corrected chi connectivity index (χ1v) is 20.6. The Morgan fingerprint density at radius 3 is 1.72 bits per heavy atom. The predicted octanol–water partition coefficient (Wildman–Crippen LogP) is 3.56. The zero-order chi connectivity index (χ0) is 43.3. The zero-order valence-corrected chi connectivity index (χ0v) is 34.1. The van der Waals surface area contributed by atoms with E-state index in [-0.39, 0.29) is 25.7 Å². The molecular weight excluding hydrogens is 797 g/mol. The SMILES string of the molecule is CC(=O)N[C@H]1CC(=O)Nc2ccc(cc2)C[C@@H](C(=O)O)NC(=O)[C@@H](Cc2ccccc2)NC(=O)[C@H](Cc2ccc(-c3ccccc3)cc2)NC(=O)[C@@H](Cc2cccs2)NC1=O. The summed E-state index contributed by atoms with van der Waals surface area (Å²) in [4.78, 5) is 95.6. The van der Waals surface area contributed by atoms with Crippen LogP contribution in [0.5, 0.6) is 0 Å². The summed E-state index contributed by atoms with van der Waals surface area (Å²) >= 11 is 1.35. The van der Waals surface area contributed by atoms with Gasteiger partial charge in [-0.25, -0.2) is 4.79 Å². The number of amides is 6. The Morgan fingerprint density at radius 1 is 0.607 bits per heavy atom. The zero-order valence-electron chi connectivity index (χ0n) is 33.3. The molecule has 2 aliphatic heterocycles. The quantitative estimate of drug-likeness (QED) is 0.109. The number of hydrogen-bond donors (Lipinski definition) is 7. The molecule has 5 atom stereocenters. The minimum absolute atomic E-state index is 0.00676. The van der Waals surface area contributed by atoms with Crippen LogP contribution < -0.4 is 31.9 Å². The predicted molar refractivity (Wildman–Crippen MR) is 230 cm³/mol. The molecule has 2 aliphatic rings. The van der Waals surface area contributed by atoms with E-state index in [1.807, 2.05) is 60.0 Å². The van der Waals surface area contributed by atoms with E-state index in [0.29, 0.717) is 22.4 Å². The van der Waals surface area contributed by atoms with Crippen molar-refractivity contribution in [3.8, 4) is 11.1 Å². The van der Waals surface area contributed by atoms with Crippen LogP contribution in [0.4, 0.5) is 5.69 Å². The van der Waals surface area contributed by atoms with Crippen molar-refractivity contribution in [3.05, 3.63) is 148 Å². The lowest BCUT2D eigenvalue weighted by molar-refractivity contribution is -0.142. The van der Waals surface area contributed by atoms with Crippen LogP contribution in [-0.4, -0.2) is 76.7 Å². The number of nitrogens with one attached hydrogen (secondary N) is 6. The summed E-state index contributed by atoms with van der Waals surface area (Å²) in [6.45, 7) is 1.20. The molecule has 3 heterocycles. The maximum atomic E-state index is 14.5. The number of carboxylic acids is 1. The minimum Gasteiger partial charge on any atom is -0.480 e. The first kappa shape index (κ1) is 43.4. The van der Waals surface area contributed by atoms with Crippen LogP contribution in [0.2, 0.25) is 0 Å². The Balaban J connectivity index is 1.38. The summed E-state index contributed by atoms with van der Waals surface area (Å²) in [7, 11) is 0. The van der Waals surface area contributed by atoms with Gasteiger partial charge in [-0.2, -0.15) is 0 Å². The van der Waals surface area contributed by atoms with Crippen LogP contribution in [0.15, 0.2) is 127 Å². The second kappa shape index (κ2) is 20.7. The third-order valence-electron chi connectivity index (χ3n) is 10.0. The van der Waals surface area contributed by atoms with Gasteiger partial charge in [-0.3, -0.25) is 28.8 Å². The van der Waals surface area contributed by atoms with E-state index in [4.69, 9.17) is 0 Å². The number of carboxylic acid groups (broad SMARTS) is 1. The summed E-state index contributed by atoms with van der Waals surface area (Å²) in [5.74, 6) is -5.56. The molecule has 7 N–H and O–H groups in total. The molecular formula is C46H46N6O8S. The highest BCUT2D eigenvalue weighted by Gasteiger charge is 2.34. The average Bonchev–Trinajstić information content (AvgIpc) is 3.76. The largest absolute Gasteiger partial charge is 0.480 e. The van der Waals surface area contributed by atoms with Gasteiger partial charge in [0.15, 0.2) is 0 Å². The van der Waals surface area contributed by atoms with Crippen molar-refractivity contribution >= 4 is 58.4 Å². The number of aliphatic carboxylic acids is 1. The molecule has 61 heavy (non-hydrogen) atoms. The number of carbonyl (C=O) groups is 7. The lowest BCUT2D eigenvalue weighted by Gasteiger charge is -2.27. The van der Waals surface area contributed by atoms with Crippen molar-refractivity contribution in [1.82, 2.24) is 26.6 Å². The fourth-order valence-corrected chi connectivity index (χ4v) is 7.66. The number of rotatable bonds is 9. The van der Waals surface area contributed by atoms with E-state index >= 15 is 0 Å². The van der Waals surface area contributed by atoms with Crippen LogP contribution in [0.3, 0.4) is 0 Å². The molecule has 0 saturated heterocycles. The second-order valence-electron chi connectivity index (χ2n) is 14.7. The Hall–Kier alpha value is -7.13. The van der Waals surface area contributed by atoms with Gasteiger partial charge in [0.25, 0.3) is 0 Å². The van der Waals surface area contributed by atoms with E-state index in [1.165, 1.54) is 18.3 Å². The lowest BCUT2D eigenvalue weighted by Crippen LogP contribution is -2.60. The van der Waals surface area contributed by atoms with E-state index in [2.05, 4.69) is 31.9 Å². The average molecular weight is 843 g/mol. The third kappa shape index (κ3) is 12.7. The molecule has 0 aliphatic carbocycles. The molecule has 0 fully saturated rings. The fraction of sp³-hybridized carbons (Fsp3) is 0.239. The topological polar surface area (TPSA) is 212 Å². The van der Waals surface area contributed by atoms with Crippen molar-refractivity contribution in [2.75, 3.05) is 5.32 Å². The maximum Gasteiger partial charge on any atom is 0.326 e.